The highest BCUT2D eigenvalue weighted by atomic mass is 35.5. The second kappa shape index (κ2) is 10.8. The summed E-state index contributed by atoms with van der Waals surface area (Å²) in [6, 6.07) is 14.2. The van der Waals surface area contributed by atoms with Gasteiger partial charge in [-0.2, -0.15) is 0 Å². The molecule has 0 aliphatic heterocycles. The Morgan fingerprint density at radius 2 is 1.70 bits per heavy atom. The first kappa shape index (κ1) is 22.6. The van der Waals surface area contributed by atoms with Crippen LogP contribution in [0.15, 0.2) is 48.5 Å². The van der Waals surface area contributed by atoms with Crippen LogP contribution < -0.4 is 5.32 Å². The average Bonchev–Trinajstić information content (AvgIpc) is 2.73. The smallest absolute Gasteiger partial charge is 0.242 e. The fraction of sp³-hybridized carbons (Fsp3) is 0.417. The highest BCUT2D eigenvalue weighted by Gasteiger charge is 2.28. The van der Waals surface area contributed by atoms with E-state index in [1.165, 1.54) is 6.42 Å². The number of amides is 2. The van der Waals surface area contributed by atoms with Gasteiger partial charge in [0.2, 0.25) is 11.8 Å². The van der Waals surface area contributed by atoms with Gasteiger partial charge in [0.15, 0.2) is 0 Å². The van der Waals surface area contributed by atoms with Crippen molar-refractivity contribution in [3.8, 4) is 0 Å². The molecule has 2 aromatic carbocycles. The van der Waals surface area contributed by atoms with Gasteiger partial charge in [-0.1, -0.05) is 66.7 Å². The maximum absolute atomic E-state index is 13.2. The van der Waals surface area contributed by atoms with Gasteiger partial charge in [0.1, 0.15) is 6.04 Å². The van der Waals surface area contributed by atoms with Crippen LogP contribution >= 0.6 is 23.2 Å². The average molecular weight is 447 g/mol. The molecule has 0 aromatic heterocycles. The quantitative estimate of drug-likeness (QED) is 0.618. The van der Waals surface area contributed by atoms with Gasteiger partial charge in [-0.25, -0.2) is 0 Å². The number of benzene rings is 2. The third kappa shape index (κ3) is 6.48. The Kier molecular flexibility index (Phi) is 8.17. The normalized spacial score (nSPS) is 15.4. The third-order valence-corrected chi connectivity index (χ3v) is 6.12. The van der Waals surface area contributed by atoms with Crippen molar-refractivity contribution in [2.45, 2.75) is 64.1 Å². The highest BCUT2D eigenvalue weighted by molar-refractivity contribution is 6.30. The van der Waals surface area contributed by atoms with Gasteiger partial charge >= 0.3 is 0 Å². The predicted octanol–water partition coefficient (Wildman–Crippen LogP) is 5.40. The molecule has 2 aromatic rings. The van der Waals surface area contributed by atoms with Crippen molar-refractivity contribution >= 4 is 35.0 Å². The number of hydrogen-bond acceptors (Lipinski definition) is 2. The lowest BCUT2D eigenvalue weighted by Crippen LogP contribution is -2.50. The molecule has 30 heavy (non-hydrogen) atoms. The van der Waals surface area contributed by atoms with E-state index in [9.17, 15) is 9.59 Å². The van der Waals surface area contributed by atoms with E-state index in [2.05, 4.69) is 5.32 Å². The molecule has 0 radical (unpaired) electrons. The lowest BCUT2D eigenvalue weighted by molar-refractivity contribution is -0.140. The highest BCUT2D eigenvalue weighted by Crippen LogP contribution is 2.19. The van der Waals surface area contributed by atoms with Crippen LogP contribution in [0, 0.1) is 0 Å². The van der Waals surface area contributed by atoms with Crippen LogP contribution in [0.2, 0.25) is 10.0 Å². The van der Waals surface area contributed by atoms with Crippen molar-refractivity contribution in [2.24, 2.45) is 0 Å². The van der Waals surface area contributed by atoms with E-state index in [1.807, 2.05) is 24.3 Å². The Balaban J connectivity index is 1.75. The largest absolute Gasteiger partial charge is 0.352 e. The van der Waals surface area contributed by atoms with E-state index in [0.717, 1.165) is 36.8 Å². The molecule has 4 nitrogen and oxygen atoms in total. The minimum absolute atomic E-state index is 0.102. The van der Waals surface area contributed by atoms with Gasteiger partial charge in [0.25, 0.3) is 0 Å². The number of nitrogens with zero attached hydrogens (tertiary/aromatic N) is 1. The molecule has 6 heteroatoms. The number of carbonyl (C=O) groups is 2. The van der Waals surface area contributed by atoms with Crippen molar-refractivity contribution in [2.75, 3.05) is 0 Å². The molecule has 1 N–H and O–H groups in total. The Morgan fingerprint density at radius 1 is 1.00 bits per heavy atom. The molecule has 0 bridgehead atoms. The summed E-state index contributed by atoms with van der Waals surface area (Å²) in [6.07, 6.45) is 5.71. The van der Waals surface area contributed by atoms with Crippen molar-refractivity contribution < 1.29 is 9.59 Å². The maximum Gasteiger partial charge on any atom is 0.242 e. The summed E-state index contributed by atoms with van der Waals surface area (Å²) in [5.74, 6) is -0.214. The summed E-state index contributed by atoms with van der Waals surface area (Å²) in [5.41, 5.74) is 1.75. The molecule has 1 fully saturated rings. The summed E-state index contributed by atoms with van der Waals surface area (Å²) in [5, 5.41) is 4.37. The third-order valence-electron chi connectivity index (χ3n) is 5.63. The number of nitrogens with one attached hydrogen (secondary N) is 1. The van der Waals surface area contributed by atoms with E-state index in [-0.39, 0.29) is 24.3 Å². The summed E-state index contributed by atoms with van der Waals surface area (Å²) in [6.45, 7) is 2.14. The second-order valence-corrected chi connectivity index (χ2v) is 8.85. The predicted molar refractivity (Wildman–Crippen MR) is 122 cm³/mol. The van der Waals surface area contributed by atoms with Crippen molar-refractivity contribution in [3.05, 3.63) is 69.7 Å². The molecule has 1 aliphatic rings. The van der Waals surface area contributed by atoms with Crippen LogP contribution in [0.25, 0.3) is 0 Å². The first-order valence-electron chi connectivity index (χ1n) is 10.5. The molecule has 2 amide bonds. The zero-order chi connectivity index (χ0) is 21.5. The fourth-order valence-electron chi connectivity index (χ4n) is 3.86. The minimum Gasteiger partial charge on any atom is -0.352 e. The maximum atomic E-state index is 13.2. The molecule has 0 heterocycles. The molecule has 1 atom stereocenters. The van der Waals surface area contributed by atoms with Crippen LogP contribution in [-0.2, 0) is 22.6 Å². The SMILES string of the molecule is CC(C(=O)NC1CCCCC1)N(Cc1ccc(Cl)cc1)C(=O)Cc1cccc(Cl)c1. The lowest BCUT2D eigenvalue weighted by Gasteiger charge is -2.31. The summed E-state index contributed by atoms with van der Waals surface area (Å²) < 4.78 is 0. The van der Waals surface area contributed by atoms with E-state index >= 15 is 0 Å². The van der Waals surface area contributed by atoms with Crippen LogP contribution in [0.4, 0.5) is 0 Å². The van der Waals surface area contributed by atoms with Crippen LogP contribution in [0.1, 0.15) is 50.2 Å². The van der Waals surface area contributed by atoms with E-state index < -0.39 is 6.04 Å². The number of halogens is 2. The lowest BCUT2D eigenvalue weighted by atomic mass is 9.95. The van der Waals surface area contributed by atoms with E-state index in [4.69, 9.17) is 23.2 Å². The molecular formula is C24H28Cl2N2O2. The summed E-state index contributed by atoms with van der Waals surface area (Å²) in [7, 11) is 0. The molecule has 1 aliphatic carbocycles. The summed E-state index contributed by atoms with van der Waals surface area (Å²) in [4.78, 5) is 27.8. The first-order chi connectivity index (χ1) is 14.4. The monoisotopic (exact) mass is 446 g/mol. The Hall–Kier alpha value is -2.04. The molecule has 0 saturated heterocycles. The molecule has 160 valence electrons. The molecule has 1 unspecified atom stereocenters. The number of carbonyl (C=O) groups excluding carboxylic acids is 2. The summed E-state index contributed by atoms with van der Waals surface area (Å²) >= 11 is 12.1. The fourth-order valence-corrected chi connectivity index (χ4v) is 4.20. The van der Waals surface area contributed by atoms with Gasteiger partial charge in [-0.3, -0.25) is 9.59 Å². The minimum atomic E-state index is -0.575. The van der Waals surface area contributed by atoms with E-state index in [1.54, 1.807) is 36.1 Å². The van der Waals surface area contributed by atoms with E-state index in [0.29, 0.717) is 16.6 Å². The Morgan fingerprint density at radius 3 is 2.37 bits per heavy atom. The number of rotatable bonds is 7. The molecular weight excluding hydrogens is 419 g/mol. The topological polar surface area (TPSA) is 49.4 Å². The van der Waals surface area contributed by atoms with Crippen molar-refractivity contribution in [3.63, 3.8) is 0 Å². The van der Waals surface area contributed by atoms with Gasteiger partial charge in [0, 0.05) is 22.6 Å². The Bertz CT molecular complexity index is 864. The van der Waals surface area contributed by atoms with Gasteiger partial charge in [0.05, 0.1) is 6.42 Å². The van der Waals surface area contributed by atoms with Gasteiger partial charge < -0.3 is 10.2 Å². The van der Waals surface area contributed by atoms with Gasteiger partial charge in [-0.05, 0) is 55.2 Å². The number of hydrogen-bond donors (Lipinski definition) is 1. The van der Waals surface area contributed by atoms with Crippen LogP contribution in [0.3, 0.4) is 0 Å². The zero-order valence-corrected chi connectivity index (χ0v) is 18.8. The standard InChI is InChI=1S/C24H28Cl2N2O2/c1-17(24(30)27-22-8-3-2-4-9-22)28(16-18-10-12-20(25)13-11-18)23(29)15-19-6-5-7-21(26)14-19/h5-7,10-14,17,22H,2-4,8-9,15-16H2,1H3,(H,27,30). The Labute approximate surface area is 188 Å². The molecule has 0 spiro atoms. The van der Waals surface area contributed by atoms with Crippen molar-refractivity contribution in [1.82, 2.24) is 10.2 Å². The first-order valence-corrected chi connectivity index (χ1v) is 11.3. The van der Waals surface area contributed by atoms with Crippen molar-refractivity contribution in [1.29, 1.82) is 0 Å². The molecule has 1 saturated carbocycles. The molecule has 3 rings (SSSR count). The van der Waals surface area contributed by atoms with Gasteiger partial charge in [-0.15, -0.1) is 0 Å². The second-order valence-electron chi connectivity index (χ2n) is 7.97. The van der Waals surface area contributed by atoms with Crippen LogP contribution in [0.5, 0.6) is 0 Å². The van der Waals surface area contributed by atoms with Crippen LogP contribution in [-0.4, -0.2) is 28.8 Å². The zero-order valence-electron chi connectivity index (χ0n) is 17.2.